The van der Waals surface area contributed by atoms with Crippen LogP contribution in [-0.2, 0) is 16.1 Å². The van der Waals surface area contributed by atoms with Gasteiger partial charge in [0.25, 0.3) is 0 Å². The third kappa shape index (κ3) is 7.08. The maximum Gasteiger partial charge on any atom is 0.411 e. The van der Waals surface area contributed by atoms with E-state index in [-0.39, 0.29) is 25.1 Å². The molecule has 2 aromatic carbocycles. The maximum atomic E-state index is 13.7. The molecule has 5 heteroatoms. The van der Waals surface area contributed by atoms with E-state index in [0.717, 1.165) is 47.9 Å². The third-order valence-corrected chi connectivity index (χ3v) is 6.26. The summed E-state index contributed by atoms with van der Waals surface area (Å²) in [5, 5.41) is 3.23. The van der Waals surface area contributed by atoms with Gasteiger partial charge in [-0.3, -0.25) is 9.69 Å². The van der Waals surface area contributed by atoms with Crippen LogP contribution in [0.3, 0.4) is 0 Å². The molecule has 5 nitrogen and oxygen atoms in total. The van der Waals surface area contributed by atoms with Crippen LogP contribution < -0.4 is 5.32 Å². The van der Waals surface area contributed by atoms with Crippen LogP contribution >= 0.6 is 0 Å². The molecule has 1 atom stereocenters. The van der Waals surface area contributed by atoms with Crippen LogP contribution in [0.5, 0.6) is 0 Å². The lowest BCUT2D eigenvalue weighted by atomic mass is 9.94. The summed E-state index contributed by atoms with van der Waals surface area (Å²) in [5.41, 5.74) is 3.57. The summed E-state index contributed by atoms with van der Waals surface area (Å²) < 4.78 is 5.71. The number of nitrogens with zero attached hydrogens (tertiary/aromatic N) is 1. The normalized spacial score (nSPS) is 15.3. The van der Waals surface area contributed by atoms with Crippen molar-refractivity contribution in [3.8, 4) is 0 Å². The average molecular weight is 461 g/mol. The molecular weight excluding hydrogens is 424 g/mol. The Labute approximate surface area is 203 Å². The lowest BCUT2D eigenvalue weighted by Crippen LogP contribution is -2.48. The van der Waals surface area contributed by atoms with Crippen molar-refractivity contribution >= 4 is 12.0 Å². The highest BCUT2D eigenvalue weighted by Gasteiger charge is 2.34. The monoisotopic (exact) mass is 460 g/mol. The second-order valence-corrected chi connectivity index (χ2v) is 9.02. The van der Waals surface area contributed by atoms with Crippen molar-refractivity contribution in [2.24, 2.45) is 0 Å². The summed E-state index contributed by atoms with van der Waals surface area (Å²) in [5.74, 6) is -0.163. The minimum absolute atomic E-state index is 0.139. The lowest BCUT2D eigenvalue weighted by molar-refractivity contribution is -0.127. The molecule has 1 fully saturated rings. The van der Waals surface area contributed by atoms with Crippen molar-refractivity contribution in [1.29, 1.82) is 0 Å². The fourth-order valence-corrected chi connectivity index (χ4v) is 4.46. The molecule has 2 aromatic rings. The number of amides is 2. The van der Waals surface area contributed by atoms with Gasteiger partial charge in [-0.25, -0.2) is 4.79 Å². The van der Waals surface area contributed by atoms with Crippen molar-refractivity contribution in [2.45, 2.75) is 64.6 Å². The Morgan fingerprint density at radius 3 is 2.44 bits per heavy atom. The van der Waals surface area contributed by atoms with Crippen LogP contribution in [0.1, 0.15) is 61.8 Å². The number of allylic oxidation sites excluding steroid dienone is 2. The Hall–Kier alpha value is -3.34. The number of ether oxygens (including phenoxy) is 1. The van der Waals surface area contributed by atoms with E-state index < -0.39 is 12.1 Å². The topological polar surface area (TPSA) is 58.6 Å². The number of hydrogen-bond acceptors (Lipinski definition) is 3. The van der Waals surface area contributed by atoms with E-state index in [9.17, 15) is 9.59 Å². The molecule has 0 aromatic heterocycles. The number of rotatable bonds is 9. The zero-order valence-electron chi connectivity index (χ0n) is 20.3. The first kappa shape index (κ1) is 25.3. The van der Waals surface area contributed by atoms with E-state index in [4.69, 9.17) is 4.74 Å². The molecule has 34 heavy (non-hydrogen) atoms. The van der Waals surface area contributed by atoms with E-state index in [1.165, 1.54) is 6.42 Å². The summed E-state index contributed by atoms with van der Waals surface area (Å²) >= 11 is 0. The van der Waals surface area contributed by atoms with Crippen molar-refractivity contribution in [3.05, 3.63) is 95.6 Å². The molecule has 1 N–H and O–H groups in total. The standard InChI is InChI=1S/C29H36N2O3/c1-4-13-22(2)20-31(29(33)34-21-24-15-7-5-8-16-24)27(26-19-12-11-14-23(26)3)28(32)30-25-17-9-6-10-18-25/h4-5,7-8,11-16,19,25,27H,1,6,9-10,17-18,20-21H2,2-3H3,(H,30,32). The largest absolute Gasteiger partial charge is 0.445 e. The molecule has 0 heterocycles. The van der Waals surface area contributed by atoms with Crippen LogP contribution in [-0.4, -0.2) is 29.5 Å². The van der Waals surface area contributed by atoms with E-state index in [1.807, 2.05) is 74.5 Å². The van der Waals surface area contributed by atoms with Gasteiger partial charge in [0.2, 0.25) is 5.91 Å². The van der Waals surface area contributed by atoms with E-state index in [2.05, 4.69) is 11.9 Å². The number of hydrogen-bond donors (Lipinski definition) is 1. The molecule has 1 saturated carbocycles. The van der Waals surface area contributed by atoms with Crippen LogP contribution in [0.4, 0.5) is 4.79 Å². The van der Waals surface area contributed by atoms with Crippen LogP contribution in [0.25, 0.3) is 0 Å². The Bertz CT molecular complexity index is 993. The third-order valence-electron chi connectivity index (χ3n) is 6.26. The second kappa shape index (κ2) is 12.8. The molecule has 1 aliphatic carbocycles. The first-order valence-electron chi connectivity index (χ1n) is 12.1. The molecule has 0 saturated heterocycles. The van der Waals surface area contributed by atoms with Gasteiger partial charge >= 0.3 is 6.09 Å². The molecule has 1 unspecified atom stereocenters. The number of nitrogens with one attached hydrogen (secondary N) is 1. The van der Waals surface area contributed by atoms with Crippen LogP contribution in [0, 0.1) is 6.92 Å². The first-order valence-corrected chi connectivity index (χ1v) is 12.1. The quantitative estimate of drug-likeness (QED) is 0.450. The Kier molecular flexibility index (Phi) is 9.51. The zero-order chi connectivity index (χ0) is 24.3. The fourth-order valence-electron chi connectivity index (χ4n) is 4.46. The summed E-state index contributed by atoms with van der Waals surface area (Å²) in [6, 6.07) is 16.6. The fraction of sp³-hybridized carbons (Fsp3) is 0.379. The lowest BCUT2D eigenvalue weighted by Gasteiger charge is -2.33. The highest BCUT2D eigenvalue weighted by molar-refractivity contribution is 5.87. The minimum atomic E-state index is -0.792. The molecule has 1 aliphatic rings. The number of aryl methyl sites for hydroxylation is 1. The van der Waals surface area contributed by atoms with Crippen LogP contribution in [0.2, 0.25) is 0 Å². The van der Waals surface area contributed by atoms with E-state index >= 15 is 0 Å². The predicted octanol–water partition coefficient (Wildman–Crippen LogP) is 6.26. The second-order valence-electron chi connectivity index (χ2n) is 9.02. The molecule has 3 rings (SSSR count). The predicted molar refractivity (Wildman–Crippen MR) is 136 cm³/mol. The summed E-state index contributed by atoms with van der Waals surface area (Å²) in [4.78, 5) is 28.7. The molecular formula is C29H36N2O3. The van der Waals surface area contributed by atoms with E-state index in [1.54, 1.807) is 11.0 Å². The Balaban J connectivity index is 1.92. The van der Waals surface area contributed by atoms with Crippen molar-refractivity contribution in [3.63, 3.8) is 0 Å². The molecule has 0 radical (unpaired) electrons. The van der Waals surface area contributed by atoms with Crippen LogP contribution in [0.15, 0.2) is 78.9 Å². The summed E-state index contributed by atoms with van der Waals surface area (Å²) in [7, 11) is 0. The minimum Gasteiger partial charge on any atom is -0.445 e. The molecule has 180 valence electrons. The average Bonchev–Trinajstić information content (AvgIpc) is 2.84. The van der Waals surface area contributed by atoms with Gasteiger partial charge in [0, 0.05) is 12.6 Å². The van der Waals surface area contributed by atoms with Crippen molar-refractivity contribution in [1.82, 2.24) is 10.2 Å². The Morgan fingerprint density at radius 1 is 1.09 bits per heavy atom. The molecule has 0 spiro atoms. The smallest absolute Gasteiger partial charge is 0.411 e. The van der Waals surface area contributed by atoms with Gasteiger partial charge in [-0.05, 0) is 43.4 Å². The zero-order valence-corrected chi connectivity index (χ0v) is 20.3. The first-order chi connectivity index (χ1) is 16.5. The highest BCUT2D eigenvalue weighted by Crippen LogP contribution is 2.28. The van der Waals surface area contributed by atoms with Gasteiger partial charge in [0.05, 0.1) is 0 Å². The molecule has 0 aliphatic heterocycles. The van der Waals surface area contributed by atoms with E-state index in [0.29, 0.717) is 0 Å². The molecule has 0 bridgehead atoms. The number of carbonyl (C=O) groups is 2. The van der Waals surface area contributed by atoms with Gasteiger partial charge in [0.1, 0.15) is 12.6 Å². The van der Waals surface area contributed by atoms with Gasteiger partial charge in [-0.15, -0.1) is 0 Å². The van der Waals surface area contributed by atoms with Gasteiger partial charge in [-0.1, -0.05) is 98.2 Å². The Morgan fingerprint density at radius 2 is 1.76 bits per heavy atom. The highest BCUT2D eigenvalue weighted by atomic mass is 16.6. The number of benzene rings is 2. The van der Waals surface area contributed by atoms with Crippen molar-refractivity contribution < 1.29 is 14.3 Å². The van der Waals surface area contributed by atoms with Gasteiger partial charge in [0.15, 0.2) is 0 Å². The maximum absolute atomic E-state index is 13.7. The SMILES string of the molecule is C=CC=C(C)CN(C(=O)OCc1ccccc1)C(C(=O)NC1CCCCC1)c1ccccc1C. The van der Waals surface area contributed by atoms with Gasteiger partial charge in [-0.2, -0.15) is 0 Å². The summed E-state index contributed by atoms with van der Waals surface area (Å²) in [6.45, 7) is 8.06. The summed E-state index contributed by atoms with van der Waals surface area (Å²) in [6.07, 6.45) is 8.40. The number of carbonyl (C=O) groups excluding carboxylic acids is 2. The van der Waals surface area contributed by atoms with Crippen molar-refractivity contribution in [2.75, 3.05) is 6.54 Å². The molecule has 2 amide bonds. The van der Waals surface area contributed by atoms with Gasteiger partial charge < -0.3 is 10.1 Å².